The molecule has 1 aliphatic heterocycles. The molecule has 3 amide bonds. The summed E-state index contributed by atoms with van der Waals surface area (Å²) in [4.78, 5) is 26.1. The first-order chi connectivity index (χ1) is 11.8. The van der Waals surface area contributed by atoms with Gasteiger partial charge in [-0.15, -0.1) is 0 Å². The monoisotopic (exact) mass is 349 g/mol. The summed E-state index contributed by atoms with van der Waals surface area (Å²) in [7, 11) is 1.60. The number of piperidine rings is 1. The largest absolute Gasteiger partial charge is 0.359 e. The Morgan fingerprint density at radius 1 is 1.32 bits per heavy atom. The van der Waals surface area contributed by atoms with Gasteiger partial charge in [-0.1, -0.05) is 12.1 Å². The van der Waals surface area contributed by atoms with Crippen LogP contribution in [0.25, 0.3) is 0 Å². The van der Waals surface area contributed by atoms with E-state index < -0.39 is 5.54 Å². The number of hydrogen-bond acceptors (Lipinski definition) is 2. The second kappa shape index (κ2) is 8.32. The van der Waals surface area contributed by atoms with Gasteiger partial charge in [0.1, 0.15) is 5.82 Å². The van der Waals surface area contributed by atoms with Crippen molar-refractivity contribution in [1.29, 1.82) is 0 Å². The van der Waals surface area contributed by atoms with Crippen molar-refractivity contribution in [3.8, 4) is 0 Å². The van der Waals surface area contributed by atoms with Gasteiger partial charge >= 0.3 is 6.03 Å². The molecule has 6 heteroatoms. The highest BCUT2D eigenvalue weighted by atomic mass is 19.1. The lowest BCUT2D eigenvalue weighted by molar-refractivity contribution is -0.121. The SMILES string of the molecule is CNC(=O)CCC(C)(C)NC(=O)N1CCCCC1c1cccc(F)c1. The lowest BCUT2D eigenvalue weighted by Crippen LogP contribution is -2.52. The van der Waals surface area contributed by atoms with Crippen molar-refractivity contribution in [1.82, 2.24) is 15.5 Å². The molecule has 0 saturated carbocycles. The number of nitrogens with zero attached hydrogens (tertiary/aromatic N) is 1. The van der Waals surface area contributed by atoms with Crippen LogP contribution >= 0.6 is 0 Å². The Labute approximate surface area is 149 Å². The molecule has 1 saturated heterocycles. The quantitative estimate of drug-likeness (QED) is 0.856. The third-order valence-corrected chi connectivity index (χ3v) is 4.70. The summed E-state index contributed by atoms with van der Waals surface area (Å²) in [6.07, 6.45) is 3.70. The summed E-state index contributed by atoms with van der Waals surface area (Å²) in [6.45, 7) is 4.47. The van der Waals surface area contributed by atoms with E-state index in [9.17, 15) is 14.0 Å². The summed E-state index contributed by atoms with van der Waals surface area (Å²) in [6, 6.07) is 6.21. The van der Waals surface area contributed by atoms with Crippen LogP contribution in [0.1, 0.15) is 57.6 Å². The zero-order valence-corrected chi connectivity index (χ0v) is 15.3. The van der Waals surface area contributed by atoms with Gasteiger partial charge in [-0.2, -0.15) is 0 Å². The van der Waals surface area contributed by atoms with Crippen LogP contribution in [0.4, 0.5) is 9.18 Å². The van der Waals surface area contributed by atoms with Gasteiger partial charge in [-0.3, -0.25) is 4.79 Å². The summed E-state index contributed by atoms with van der Waals surface area (Å²) >= 11 is 0. The Morgan fingerprint density at radius 2 is 2.08 bits per heavy atom. The molecule has 1 fully saturated rings. The average molecular weight is 349 g/mol. The van der Waals surface area contributed by atoms with Crippen molar-refractivity contribution in [3.05, 3.63) is 35.6 Å². The maximum atomic E-state index is 13.6. The molecule has 0 spiro atoms. The first-order valence-electron chi connectivity index (χ1n) is 8.87. The summed E-state index contributed by atoms with van der Waals surface area (Å²) < 4.78 is 13.6. The third kappa shape index (κ3) is 5.44. The number of hydrogen-bond donors (Lipinski definition) is 2. The van der Waals surface area contributed by atoms with Gasteiger partial charge in [0, 0.05) is 25.6 Å². The molecule has 1 aromatic carbocycles. The molecule has 0 aromatic heterocycles. The molecular formula is C19H28FN3O2. The van der Waals surface area contributed by atoms with Crippen molar-refractivity contribution >= 4 is 11.9 Å². The van der Waals surface area contributed by atoms with Crippen molar-refractivity contribution in [2.24, 2.45) is 0 Å². The highest BCUT2D eigenvalue weighted by molar-refractivity contribution is 5.77. The molecule has 1 heterocycles. The van der Waals surface area contributed by atoms with Crippen LogP contribution < -0.4 is 10.6 Å². The van der Waals surface area contributed by atoms with Crippen LogP contribution in [0, 0.1) is 5.82 Å². The summed E-state index contributed by atoms with van der Waals surface area (Å²) in [5.74, 6) is -0.327. The number of carbonyl (C=O) groups excluding carboxylic acids is 2. The Bertz CT molecular complexity index is 618. The fourth-order valence-corrected chi connectivity index (χ4v) is 3.21. The Morgan fingerprint density at radius 3 is 2.76 bits per heavy atom. The van der Waals surface area contributed by atoms with Gasteiger partial charge in [0.05, 0.1) is 6.04 Å². The van der Waals surface area contributed by atoms with E-state index in [4.69, 9.17) is 0 Å². The Hall–Kier alpha value is -2.11. The first-order valence-corrected chi connectivity index (χ1v) is 8.87. The minimum absolute atomic E-state index is 0.0436. The van der Waals surface area contributed by atoms with Gasteiger partial charge in [-0.25, -0.2) is 9.18 Å². The molecule has 1 aromatic rings. The van der Waals surface area contributed by atoms with Gasteiger partial charge in [0.2, 0.25) is 5.91 Å². The van der Waals surface area contributed by atoms with Gasteiger partial charge in [-0.05, 0) is 57.2 Å². The molecule has 0 aliphatic carbocycles. The van der Waals surface area contributed by atoms with E-state index >= 15 is 0 Å². The van der Waals surface area contributed by atoms with Crippen LogP contribution in [0.3, 0.4) is 0 Å². The number of nitrogens with one attached hydrogen (secondary N) is 2. The van der Waals surface area contributed by atoms with E-state index in [1.807, 2.05) is 19.9 Å². The summed E-state index contributed by atoms with van der Waals surface area (Å²) in [5, 5.41) is 5.62. The number of benzene rings is 1. The van der Waals surface area contributed by atoms with Crippen LogP contribution in [-0.2, 0) is 4.79 Å². The molecule has 1 aliphatic rings. The second-order valence-corrected chi connectivity index (χ2v) is 7.25. The second-order valence-electron chi connectivity index (χ2n) is 7.25. The van der Waals surface area contributed by atoms with Crippen LogP contribution in [0.15, 0.2) is 24.3 Å². The van der Waals surface area contributed by atoms with Crippen molar-refractivity contribution in [3.63, 3.8) is 0 Å². The number of likely N-dealkylation sites (tertiary alicyclic amines) is 1. The van der Waals surface area contributed by atoms with Crippen LogP contribution in [0.5, 0.6) is 0 Å². The summed E-state index contributed by atoms with van der Waals surface area (Å²) in [5.41, 5.74) is 0.339. The Kier molecular flexibility index (Phi) is 6.39. The first kappa shape index (κ1) is 19.2. The predicted octanol–water partition coefficient (Wildman–Crippen LogP) is 3.37. The lowest BCUT2D eigenvalue weighted by atomic mass is 9.94. The minimum atomic E-state index is -0.493. The van der Waals surface area contributed by atoms with E-state index in [2.05, 4.69) is 10.6 Å². The normalized spacial score (nSPS) is 17.9. The third-order valence-electron chi connectivity index (χ3n) is 4.70. The Balaban J connectivity index is 2.06. The lowest BCUT2D eigenvalue weighted by Gasteiger charge is -2.38. The average Bonchev–Trinajstić information content (AvgIpc) is 2.59. The fraction of sp³-hybridized carbons (Fsp3) is 0.579. The molecule has 0 bridgehead atoms. The minimum Gasteiger partial charge on any atom is -0.359 e. The molecule has 2 rings (SSSR count). The standard InChI is InChI=1S/C19H28FN3O2/c1-19(2,11-10-17(24)21-3)22-18(25)23-12-5-4-9-16(23)14-7-6-8-15(20)13-14/h6-8,13,16H,4-5,9-12H2,1-3H3,(H,21,24)(H,22,25). The molecule has 138 valence electrons. The predicted molar refractivity (Wildman–Crippen MR) is 95.6 cm³/mol. The maximum Gasteiger partial charge on any atom is 0.318 e. The molecule has 1 atom stereocenters. The van der Waals surface area contributed by atoms with Crippen molar-refractivity contribution < 1.29 is 14.0 Å². The van der Waals surface area contributed by atoms with Crippen molar-refractivity contribution in [2.75, 3.05) is 13.6 Å². The zero-order chi connectivity index (χ0) is 18.4. The highest BCUT2D eigenvalue weighted by Crippen LogP contribution is 2.31. The molecule has 1 unspecified atom stereocenters. The zero-order valence-electron chi connectivity index (χ0n) is 15.3. The number of amides is 3. The molecule has 0 radical (unpaired) electrons. The van der Waals surface area contributed by atoms with Crippen LogP contribution in [-0.4, -0.2) is 36.0 Å². The van der Waals surface area contributed by atoms with Crippen molar-refractivity contribution in [2.45, 2.75) is 57.5 Å². The molecular weight excluding hydrogens is 321 g/mol. The van der Waals surface area contributed by atoms with E-state index in [1.54, 1.807) is 18.0 Å². The number of rotatable bonds is 5. The van der Waals surface area contributed by atoms with E-state index in [-0.39, 0.29) is 23.8 Å². The van der Waals surface area contributed by atoms with Gasteiger partial charge in [0.15, 0.2) is 0 Å². The van der Waals surface area contributed by atoms with E-state index in [1.165, 1.54) is 12.1 Å². The molecule has 5 nitrogen and oxygen atoms in total. The number of halogens is 1. The van der Waals surface area contributed by atoms with E-state index in [0.717, 1.165) is 24.8 Å². The highest BCUT2D eigenvalue weighted by Gasteiger charge is 2.31. The smallest absolute Gasteiger partial charge is 0.318 e. The molecule has 2 N–H and O–H groups in total. The topological polar surface area (TPSA) is 61.4 Å². The fourth-order valence-electron chi connectivity index (χ4n) is 3.21. The maximum absolute atomic E-state index is 13.6. The number of urea groups is 1. The van der Waals surface area contributed by atoms with Gasteiger partial charge < -0.3 is 15.5 Å². The van der Waals surface area contributed by atoms with E-state index in [0.29, 0.717) is 19.4 Å². The molecule has 25 heavy (non-hydrogen) atoms. The van der Waals surface area contributed by atoms with Gasteiger partial charge in [0.25, 0.3) is 0 Å². The number of carbonyl (C=O) groups is 2. The van der Waals surface area contributed by atoms with Crippen LogP contribution in [0.2, 0.25) is 0 Å².